The van der Waals surface area contributed by atoms with Crippen LogP contribution in [-0.2, 0) is 65.4 Å². The van der Waals surface area contributed by atoms with Crippen LogP contribution in [0.3, 0.4) is 0 Å². The van der Waals surface area contributed by atoms with Crippen LogP contribution in [0.5, 0.6) is 0 Å². The third-order valence-electron chi connectivity index (χ3n) is 12.6. The summed E-state index contributed by atoms with van der Waals surface area (Å²) in [6.07, 6.45) is 8.71. The molecule has 69 heavy (non-hydrogen) atoms. The van der Waals surface area contributed by atoms with Gasteiger partial charge >= 0.3 is 45.2 Å². The summed E-state index contributed by atoms with van der Waals surface area (Å²) >= 11 is 4.57. The van der Waals surface area contributed by atoms with E-state index in [2.05, 4.69) is 87.6 Å². The minimum atomic E-state index is -0.484. The zero-order chi connectivity index (χ0) is 52.2. The number of aryl methyl sites for hydroxylation is 2. The fourth-order valence-corrected chi connectivity index (χ4v) is 10.2. The Bertz CT molecular complexity index is 2010. The van der Waals surface area contributed by atoms with E-state index in [1.165, 1.54) is 40.4 Å². The molecule has 4 saturated heterocycles. The van der Waals surface area contributed by atoms with Crippen molar-refractivity contribution in [2.75, 3.05) is 39.3 Å². The molecule has 4 heterocycles. The number of amides is 2. The van der Waals surface area contributed by atoms with Gasteiger partial charge in [0.15, 0.2) is 5.97 Å². The van der Waals surface area contributed by atoms with Gasteiger partial charge in [-0.2, -0.15) is 0 Å². The number of nitrogens with zero attached hydrogens (tertiary/aromatic N) is 4. The number of likely N-dealkylation sites (tertiary alicyclic amines) is 4. The van der Waals surface area contributed by atoms with Crippen LogP contribution in [0.1, 0.15) is 162 Å². The molecule has 384 valence electrons. The molecule has 2 spiro atoms. The van der Waals surface area contributed by atoms with Gasteiger partial charge in [0.05, 0.1) is 6.42 Å². The van der Waals surface area contributed by atoms with Crippen molar-refractivity contribution in [3.8, 4) is 0 Å². The average molecular weight is 1100 g/mol. The summed E-state index contributed by atoms with van der Waals surface area (Å²) in [6, 6.07) is 13.0. The van der Waals surface area contributed by atoms with Gasteiger partial charge in [0, 0.05) is 54.8 Å². The van der Waals surface area contributed by atoms with E-state index in [9.17, 15) is 19.2 Å². The van der Waals surface area contributed by atoms with Crippen LogP contribution in [0.4, 0.5) is 9.59 Å². The van der Waals surface area contributed by atoms with E-state index in [1.807, 2.05) is 72.1 Å². The fourth-order valence-electron chi connectivity index (χ4n) is 9.62. The number of carbonyl (C=O) groups is 4. The van der Waals surface area contributed by atoms with Gasteiger partial charge in [-0.25, -0.2) is 9.59 Å². The van der Waals surface area contributed by atoms with Crippen LogP contribution in [0.15, 0.2) is 40.9 Å². The molecule has 2 amide bonds. The molecular weight excluding hydrogens is 1010 g/mol. The van der Waals surface area contributed by atoms with Gasteiger partial charge in [-0.15, -0.1) is 0 Å². The van der Waals surface area contributed by atoms with Crippen LogP contribution in [0.25, 0.3) is 0 Å². The first-order valence-electron chi connectivity index (χ1n) is 24.7. The molecule has 0 atom stereocenters. The molecule has 0 saturated carbocycles. The number of esters is 2. The summed E-state index contributed by atoms with van der Waals surface area (Å²) in [5.41, 5.74) is 4.62. The number of hydrogen-bond donors (Lipinski definition) is 0. The van der Waals surface area contributed by atoms with Crippen molar-refractivity contribution in [1.82, 2.24) is 19.6 Å². The quantitative estimate of drug-likeness (QED) is 0.120. The van der Waals surface area contributed by atoms with E-state index in [0.29, 0.717) is 6.42 Å². The Labute approximate surface area is 438 Å². The Morgan fingerprint density at radius 1 is 0.565 bits per heavy atom. The second-order valence-electron chi connectivity index (χ2n) is 23.2. The maximum absolute atomic E-state index is 12.5. The van der Waals surface area contributed by atoms with E-state index in [4.69, 9.17) is 23.9 Å². The van der Waals surface area contributed by atoms with Crippen molar-refractivity contribution in [3.63, 3.8) is 0 Å². The zero-order valence-electron chi connectivity index (χ0n) is 44.7. The first kappa shape index (κ1) is 60.4. The molecule has 6 rings (SSSR count). The van der Waals surface area contributed by atoms with Crippen molar-refractivity contribution in [3.05, 3.63) is 75.6 Å². The van der Waals surface area contributed by atoms with Gasteiger partial charge in [-0.1, -0.05) is 51.8 Å². The van der Waals surface area contributed by atoms with Crippen molar-refractivity contribution >= 4 is 49.7 Å². The first-order valence-corrected chi connectivity index (χ1v) is 29.4. The fraction of sp³-hybridized carbons (Fsp3) is 0.685. The van der Waals surface area contributed by atoms with Crippen molar-refractivity contribution in [1.29, 1.82) is 0 Å². The van der Waals surface area contributed by atoms with Gasteiger partial charge in [0.2, 0.25) is 0 Å². The van der Waals surface area contributed by atoms with Gasteiger partial charge in [-0.05, 0) is 190 Å². The molecule has 12 nitrogen and oxygen atoms in total. The van der Waals surface area contributed by atoms with Crippen LogP contribution in [0, 0.1) is 20.8 Å². The Hall–Kier alpha value is -2.90. The van der Waals surface area contributed by atoms with Crippen LogP contribution in [0.2, 0.25) is 0 Å². The number of carbonyl (C=O) groups excluding carboxylic acids is 4. The number of halogens is 2. The molecule has 2 aromatic rings. The van der Waals surface area contributed by atoms with E-state index >= 15 is 0 Å². The zero-order valence-corrected chi connectivity index (χ0v) is 50.0. The molecule has 15 heteroatoms. The molecular formula is C54H84BrClN4O8Zn. The van der Waals surface area contributed by atoms with E-state index in [1.54, 1.807) is 20.8 Å². The number of hydrogen-bond acceptors (Lipinski definition) is 10. The molecule has 4 aliphatic heterocycles. The van der Waals surface area contributed by atoms with E-state index in [0.717, 1.165) is 113 Å². The third kappa shape index (κ3) is 20.3. The molecule has 0 aromatic heterocycles. The third-order valence-corrected chi connectivity index (χ3v) is 13.4. The second kappa shape index (κ2) is 25.7. The number of rotatable bonds is 6. The van der Waals surface area contributed by atoms with Crippen molar-refractivity contribution in [2.45, 2.75) is 201 Å². The number of ether oxygens (including phenoxy) is 4. The molecule has 0 radical (unpaired) electrons. The standard InChI is InChI=1S/C27H42N2O4.C21H31BrN2O2.C6H11O2.ClH.Zn/c1-20-9-10-21(22(17-20)18-23(30)32-25(2,3)4)19-29-14-8-11-27(29)12-15-28(16-13-27)24(31)33-26(5,6)7;1-16-6-7-17(18(22)14-16)15-24-11-5-8-21(24)9-12-23(13-10-21)19(25)26-20(2,3)4;1-5(7)8-6(2,3)4;;/h9-10,17H,8,11-16,18-19H2,1-7H3;6-7,14H,5,8-13,15H2,1-4H3;1H2,2-4H3;1H;/q;;-1;;+2/p-1. The maximum atomic E-state index is 12.5. The van der Waals surface area contributed by atoms with E-state index < -0.39 is 28.4 Å². The molecule has 0 aliphatic carbocycles. The predicted octanol–water partition coefficient (Wildman–Crippen LogP) is 12.2. The van der Waals surface area contributed by atoms with Crippen LogP contribution in [-0.4, -0.2) is 116 Å². The van der Waals surface area contributed by atoms with Crippen molar-refractivity contribution in [2.24, 2.45) is 0 Å². The summed E-state index contributed by atoms with van der Waals surface area (Å²) in [4.78, 5) is 56.5. The van der Waals surface area contributed by atoms with Gasteiger partial charge in [0.1, 0.15) is 22.4 Å². The van der Waals surface area contributed by atoms with Gasteiger partial charge in [0.25, 0.3) is 0 Å². The minimum absolute atomic E-state index is 0.118. The number of piperidine rings is 2. The topological polar surface area (TPSA) is 118 Å². The molecule has 0 unspecified atom stereocenters. The first-order chi connectivity index (χ1) is 31.9. The summed E-state index contributed by atoms with van der Waals surface area (Å²) in [6.45, 7) is 36.9. The van der Waals surface area contributed by atoms with Gasteiger partial charge < -0.3 is 28.7 Å². The van der Waals surface area contributed by atoms with E-state index in [-0.39, 0.29) is 29.2 Å². The Morgan fingerprint density at radius 2 is 0.942 bits per heavy atom. The Morgan fingerprint density at radius 3 is 1.30 bits per heavy atom. The predicted molar refractivity (Wildman–Crippen MR) is 275 cm³/mol. The van der Waals surface area contributed by atoms with Gasteiger partial charge in [-0.3, -0.25) is 26.3 Å². The molecule has 0 N–H and O–H groups in total. The van der Waals surface area contributed by atoms with Crippen LogP contribution >= 0.6 is 25.6 Å². The molecule has 0 bridgehead atoms. The monoisotopic (exact) mass is 1090 g/mol. The SMILES string of the molecule is Cc1ccc(CN2CCCC23CCN(C(=O)OC(C)(C)C)CC3)c(Br)c1.Cc1ccc(CN2CCCC23CCN(C(=O)OC(C)(C)C)CC3)c(CC(=O)OC(C)(C)C)c1.[CH2-]C(=O)OC(C)(C)C.[Cl][Zn+]. The van der Waals surface area contributed by atoms with Crippen LogP contribution < -0.4 is 0 Å². The summed E-state index contributed by atoms with van der Waals surface area (Å²) < 4.78 is 22.6. The number of benzene rings is 2. The summed E-state index contributed by atoms with van der Waals surface area (Å²) in [5.74, 6) is -0.659. The Balaban J connectivity index is 0.000000311. The molecule has 4 aliphatic rings. The summed E-state index contributed by atoms with van der Waals surface area (Å²) in [5, 5.41) is 0. The Kier molecular flexibility index (Phi) is 22.5. The second-order valence-corrected chi connectivity index (χ2v) is 24.0. The van der Waals surface area contributed by atoms with Crippen molar-refractivity contribution < 1.29 is 55.4 Å². The summed E-state index contributed by atoms with van der Waals surface area (Å²) in [7, 11) is 4.76. The molecule has 4 fully saturated rings. The average Bonchev–Trinajstić information content (AvgIpc) is 3.77. The molecule has 2 aromatic carbocycles. The normalized spacial score (nSPS) is 18.2.